The number of aliphatic carboxylic acids is 2. The van der Waals surface area contributed by atoms with Gasteiger partial charge in [-0.3, -0.25) is 28.8 Å². The summed E-state index contributed by atoms with van der Waals surface area (Å²) in [6.07, 6.45) is 19.5. The van der Waals surface area contributed by atoms with Crippen molar-refractivity contribution in [3.8, 4) is 5.19 Å². The molecule has 2 amide bonds. The number of aliphatic hydroxyl groups excluding tert-OH is 1. The van der Waals surface area contributed by atoms with Crippen molar-refractivity contribution in [2.75, 3.05) is 13.1 Å². The number of β-amino-alcohol motifs (C(OH)–C–C–N with tert-alkyl or cyclic N) is 1. The summed E-state index contributed by atoms with van der Waals surface area (Å²) < 4.78 is 34.9. The van der Waals surface area contributed by atoms with Crippen LogP contribution < -0.4 is 4.74 Å². The van der Waals surface area contributed by atoms with Crippen molar-refractivity contribution in [1.82, 2.24) is 14.8 Å². The van der Waals surface area contributed by atoms with Gasteiger partial charge in [0.1, 0.15) is 17.7 Å². The quantitative estimate of drug-likeness (QED) is 0.0362. The van der Waals surface area contributed by atoms with Gasteiger partial charge in [-0.15, -0.1) is 0 Å². The molecule has 3 heterocycles. The molecule has 16 heteroatoms. The Kier molecular flexibility index (Phi) is 21.5. The first kappa shape index (κ1) is 61.5. The van der Waals surface area contributed by atoms with Gasteiger partial charge in [-0.05, 0) is 148 Å². The average Bonchev–Trinajstić information content (AvgIpc) is 4.05. The Bertz CT molecular complexity index is 2880. The van der Waals surface area contributed by atoms with Crippen LogP contribution in [0.25, 0.3) is 10.2 Å². The van der Waals surface area contributed by atoms with E-state index in [1.165, 1.54) is 53.3 Å². The number of halogens is 2. The highest BCUT2D eigenvalue weighted by molar-refractivity contribution is 7.20. The highest BCUT2D eigenvalue weighted by atomic mass is 32.1. The third-order valence-corrected chi connectivity index (χ3v) is 17.4. The van der Waals surface area contributed by atoms with E-state index in [2.05, 4.69) is 24.9 Å². The molecule has 2 saturated carbocycles. The number of aromatic nitrogens is 1. The molecular formula is C64H81F2N3O10S. The highest BCUT2D eigenvalue weighted by Crippen LogP contribution is 2.58. The summed E-state index contributed by atoms with van der Waals surface area (Å²) in [6, 6.07) is 13.7. The lowest BCUT2D eigenvalue weighted by Crippen LogP contribution is -2.42. The molecule has 1 aromatic heterocycles. The van der Waals surface area contributed by atoms with Crippen molar-refractivity contribution >= 4 is 56.9 Å². The topological polar surface area (TPSA) is 192 Å². The molecule has 8 rings (SSSR count). The molecule has 432 valence electrons. The third-order valence-electron chi connectivity index (χ3n) is 16.5. The first-order valence-electron chi connectivity index (χ1n) is 28.9. The smallest absolute Gasteiger partial charge is 0.310 e. The first-order chi connectivity index (χ1) is 38.2. The second-order valence-electron chi connectivity index (χ2n) is 23.1. The monoisotopic (exact) mass is 1120 g/mol. The van der Waals surface area contributed by atoms with Gasteiger partial charge in [-0.1, -0.05) is 106 Å². The number of nitrogens with zero attached hydrogens (tertiary/aromatic N) is 3. The number of allylic oxidation sites excluding steroid dienone is 4. The first-order valence-corrected chi connectivity index (χ1v) is 29.7. The van der Waals surface area contributed by atoms with Crippen LogP contribution >= 0.6 is 11.3 Å². The zero-order chi connectivity index (χ0) is 57.7. The molecule has 2 aliphatic heterocycles. The number of carboxylic acids is 2. The Hall–Kier alpha value is -6.13. The zero-order valence-electron chi connectivity index (χ0n) is 47.2. The van der Waals surface area contributed by atoms with Crippen molar-refractivity contribution in [3.63, 3.8) is 0 Å². The molecule has 0 bridgehead atoms. The number of amides is 2. The maximum absolute atomic E-state index is 14.0. The number of aryl methyl sites for hydroxylation is 5. The van der Waals surface area contributed by atoms with Crippen LogP contribution in [0.4, 0.5) is 8.78 Å². The number of ketones is 2. The van der Waals surface area contributed by atoms with E-state index < -0.39 is 47.1 Å². The summed E-state index contributed by atoms with van der Waals surface area (Å²) in [7, 11) is 0. The Morgan fingerprint density at radius 3 is 1.65 bits per heavy atom. The van der Waals surface area contributed by atoms with E-state index in [0.717, 1.165) is 78.3 Å². The summed E-state index contributed by atoms with van der Waals surface area (Å²) in [4.78, 5) is 85.6. The van der Waals surface area contributed by atoms with Crippen molar-refractivity contribution in [1.29, 1.82) is 0 Å². The van der Waals surface area contributed by atoms with Crippen LogP contribution in [0.15, 0.2) is 78.9 Å². The number of carbonyl (C=O) groups excluding carboxylic acids is 4. The van der Waals surface area contributed by atoms with Crippen LogP contribution in [-0.4, -0.2) is 103 Å². The molecule has 0 unspecified atom stereocenters. The van der Waals surface area contributed by atoms with Crippen molar-refractivity contribution in [2.24, 2.45) is 22.7 Å². The minimum absolute atomic E-state index is 0.0541. The highest BCUT2D eigenvalue weighted by Gasteiger charge is 2.62. The maximum atomic E-state index is 14.0. The molecule has 3 aromatic carbocycles. The third kappa shape index (κ3) is 16.3. The molecule has 0 radical (unpaired) electrons. The maximum Gasteiger partial charge on any atom is 0.310 e. The predicted molar refractivity (Wildman–Crippen MR) is 305 cm³/mol. The van der Waals surface area contributed by atoms with Crippen LogP contribution in [-0.2, 0) is 41.6 Å². The average molecular weight is 1120 g/mol. The van der Waals surface area contributed by atoms with Gasteiger partial charge in [0.15, 0.2) is 11.6 Å². The Morgan fingerprint density at radius 2 is 1.16 bits per heavy atom. The number of carbonyl (C=O) groups is 6. The summed E-state index contributed by atoms with van der Waals surface area (Å²) in [5.74, 6) is -4.10. The molecule has 80 heavy (non-hydrogen) atoms. The zero-order valence-corrected chi connectivity index (χ0v) is 48.0. The van der Waals surface area contributed by atoms with Crippen LogP contribution in [0.5, 0.6) is 5.19 Å². The van der Waals surface area contributed by atoms with E-state index in [1.807, 2.05) is 55.5 Å². The number of hydrogen-bond donors (Lipinski definition) is 3. The number of hydrogen-bond acceptors (Lipinski definition) is 10. The predicted octanol–water partition coefficient (Wildman–Crippen LogP) is 12.2. The SMILES string of the molecule is CCCCCC/C=C\[C@@H]1C[C@]1(CC(=O)[C@@H]1C[C@@H](O)CN1C(=O)CCc1cc(C)cc(F)c1)C(=O)O.CCCCCC/C=C\[C@@H]1C[C@]1(CC(=O)[C@@H]1C[C@@H](Oc2nc3ccc(C)cc3s2)CN1C(=O)CCc1cc(C)cc(F)c1)C(=O)O. The van der Waals surface area contributed by atoms with Gasteiger partial charge >= 0.3 is 11.9 Å². The van der Waals surface area contributed by atoms with E-state index in [4.69, 9.17) is 4.74 Å². The number of benzene rings is 3. The standard InChI is InChI=1S/C36H43FN2O5S.C28H38FNO5/c1-4-5-6-7-8-9-10-26-20-36(26,34(42)43)21-31(40)30-19-28(44-35-38-29-13-11-23(2)17-32(29)45-35)22-39(30)33(41)14-12-25-15-24(3)16-27(37)18-25;1-3-4-5-6-7-8-9-21-16-28(21,27(34)35)17-25(32)24-15-23(31)18-30(24)26(33)11-10-20-12-19(2)13-22(29)14-20/h9-11,13,15-18,26,28,30H,4-8,12,14,19-22H2,1-3H3,(H,42,43);8-9,12-14,21,23-24,31H,3-7,10-11,15-18H2,1-2H3,(H,34,35)/b10-9-;9-8-/t26-,28-,30+,36-;21-,23-,24+,28-/m11/s1. The normalized spacial score (nSPS) is 24.1. The molecule has 2 aliphatic carbocycles. The van der Waals surface area contributed by atoms with Crippen molar-refractivity contribution < 1.29 is 57.6 Å². The van der Waals surface area contributed by atoms with Crippen LogP contribution in [0.2, 0.25) is 0 Å². The number of aliphatic hydroxyl groups is 1. The molecule has 13 nitrogen and oxygen atoms in total. The number of fused-ring (bicyclic) bond motifs is 1. The molecule has 3 N–H and O–H groups in total. The van der Waals surface area contributed by atoms with Crippen LogP contribution in [0.1, 0.15) is 157 Å². The summed E-state index contributed by atoms with van der Waals surface area (Å²) in [6.45, 7) is 10.2. The number of carboxylic acid groups (broad SMARTS) is 2. The molecule has 8 atom stereocenters. The number of likely N-dealkylation sites (tertiary alicyclic amines) is 2. The molecule has 4 aliphatic rings. The van der Waals surface area contributed by atoms with E-state index in [0.29, 0.717) is 42.0 Å². The van der Waals surface area contributed by atoms with E-state index in [-0.39, 0.29) is 98.5 Å². The number of unbranched alkanes of at least 4 members (excludes halogenated alkanes) is 8. The summed E-state index contributed by atoms with van der Waals surface area (Å²) >= 11 is 1.42. The van der Waals surface area contributed by atoms with Crippen molar-refractivity contribution in [2.45, 2.75) is 187 Å². The van der Waals surface area contributed by atoms with Gasteiger partial charge in [0.2, 0.25) is 11.8 Å². The largest absolute Gasteiger partial charge is 0.481 e. The fourth-order valence-corrected chi connectivity index (χ4v) is 12.7. The number of Topliss-reactive ketones (excluding diaryl/α,β-unsaturated/α-hetero) is 2. The van der Waals surface area contributed by atoms with Gasteiger partial charge in [0, 0.05) is 45.1 Å². The van der Waals surface area contributed by atoms with E-state index in [9.17, 15) is 52.9 Å². The molecular weight excluding hydrogens is 1040 g/mol. The minimum Gasteiger partial charge on any atom is -0.481 e. The van der Waals surface area contributed by atoms with Crippen molar-refractivity contribution in [3.05, 3.63) is 118 Å². The summed E-state index contributed by atoms with van der Waals surface area (Å²) in [5, 5.41) is 30.7. The Morgan fingerprint density at radius 1 is 0.662 bits per heavy atom. The fraction of sp³-hybridized carbons (Fsp3) is 0.547. The van der Waals surface area contributed by atoms with Crippen LogP contribution in [0.3, 0.4) is 0 Å². The van der Waals surface area contributed by atoms with Gasteiger partial charge in [0.25, 0.3) is 5.19 Å². The Balaban J connectivity index is 0.000000239. The van der Waals surface area contributed by atoms with Gasteiger partial charge in [-0.2, -0.15) is 0 Å². The van der Waals surface area contributed by atoms with Crippen LogP contribution in [0, 0.1) is 55.1 Å². The van der Waals surface area contributed by atoms with E-state index >= 15 is 0 Å². The summed E-state index contributed by atoms with van der Waals surface area (Å²) in [5.41, 5.74) is 2.66. The van der Waals surface area contributed by atoms with Gasteiger partial charge in [-0.25, -0.2) is 13.8 Å². The molecule has 4 aromatic rings. The number of rotatable bonds is 28. The van der Waals surface area contributed by atoms with Gasteiger partial charge < -0.3 is 29.9 Å². The minimum atomic E-state index is -1.13. The lowest BCUT2D eigenvalue weighted by atomic mass is 9.92. The molecule has 0 spiro atoms. The lowest BCUT2D eigenvalue weighted by Gasteiger charge is -2.25. The fourth-order valence-electron chi connectivity index (χ4n) is 11.7. The van der Waals surface area contributed by atoms with E-state index in [1.54, 1.807) is 18.7 Å². The second-order valence-corrected chi connectivity index (χ2v) is 24.1. The second kappa shape index (κ2) is 28.0. The lowest BCUT2D eigenvalue weighted by molar-refractivity contribution is -0.147. The Labute approximate surface area is 473 Å². The molecule has 2 saturated heterocycles. The number of thiazole rings is 1. The molecule has 4 fully saturated rings. The number of ether oxygens (including phenoxy) is 1. The van der Waals surface area contributed by atoms with Gasteiger partial charge in [0.05, 0.1) is 45.8 Å².